The summed E-state index contributed by atoms with van der Waals surface area (Å²) in [6, 6.07) is 7.20. The van der Waals surface area contributed by atoms with Gasteiger partial charge in [-0.3, -0.25) is 4.79 Å². The molecule has 0 saturated carbocycles. The van der Waals surface area contributed by atoms with Crippen LogP contribution >= 0.6 is 0 Å². The molecule has 0 aliphatic heterocycles. The van der Waals surface area contributed by atoms with Crippen molar-refractivity contribution in [2.24, 2.45) is 0 Å². The van der Waals surface area contributed by atoms with E-state index in [4.69, 9.17) is 9.84 Å². The molecule has 1 amide bonds. The van der Waals surface area contributed by atoms with Gasteiger partial charge in [0.05, 0.1) is 5.69 Å². The van der Waals surface area contributed by atoms with Crippen molar-refractivity contribution < 1.29 is 14.6 Å². The number of rotatable bonds is 4. The zero-order valence-corrected chi connectivity index (χ0v) is 11.5. The molecule has 2 N–H and O–H groups in total. The van der Waals surface area contributed by atoms with Crippen molar-refractivity contribution in [2.75, 3.05) is 19.0 Å². The summed E-state index contributed by atoms with van der Waals surface area (Å²) in [5.74, 6) is 5.16. The first-order chi connectivity index (χ1) is 9.07. The molecule has 0 aliphatic carbocycles. The van der Waals surface area contributed by atoms with Crippen molar-refractivity contribution in [3.8, 4) is 11.8 Å². The van der Waals surface area contributed by atoms with Gasteiger partial charge in [0.2, 0.25) is 0 Å². The third-order valence-corrected chi connectivity index (χ3v) is 3.08. The average Bonchev–Trinajstić information content (AvgIpc) is 2.45. The van der Waals surface area contributed by atoms with Crippen molar-refractivity contribution in [1.82, 2.24) is 0 Å². The third kappa shape index (κ3) is 3.82. The van der Waals surface area contributed by atoms with Crippen LogP contribution < -0.4 is 5.32 Å². The standard InChI is InChI=1S/C15H19NO3/c1-4-15(2,19-3)14(18)16-13-10-6-5-8-12(13)9-7-11-17/h5-6,8,10,17H,4,11H2,1-3H3,(H,16,18). The van der Waals surface area contributed by atoms with Crippen LogP contribution in [0.2, 0.25) is 0 Å². The van der Waals surface area contributed by atoms with Gasteiger partial charge < -0.3 is 15.2 Å². The van der Waals surface area contributed by atoms with E-state index in [0.717, 1.165) is 0 Å². The summed E-state index contributed by atoms with van der Waals surface area (Å²) in [6.07, 6.45) is 0.569. The van der Waals surface area contributed by atoms with Crippen LogP contribution in [-0.4, -0.2) is 30.3 Å². The Morgan fingerprint density at radius 2 is 2.16 bits per heavy atom. The van der Waals surface area contributed by atoms with E-state index < -0.39 is 5.60 Å². The van der Waals surface area contributed by atoms with Crippen LogP contribution in [0.15, 0.2) is 24.3 Å². The summed E-state index contributed by atoms with van der Waals surface area (Å²) in [5, 5.41) is 11.5. The maximum Gasteiger partial charge on any atom is 0.256 e. The minimum Gasteiger partial charge on any atom is -0.384 e. The molecule has 0 spiro atoms. The van der Waals surface area contributed by atoms with E-state index in [-0.39, 0.29) is 12.5 Å². The van der Waals surface area contributed by atoms with Gasteiger partial charge in [-0.05, 0) is 25.5 Å². The van der Waals surface area contributed by atoms with Gasteiger partial charge in [-0.1, -0.05) is 30.9 Å². The second-order valence-corrected chi connectivity index (χ2v) is 4.25. The Morgan fingerprint density at radius 1 is 1.47 bits per heavy atom. The van der Waals surface area contributed by atoms with Crippen LogP contribution in [0.1, 0.15) is 25.8 Å². The van der Waals surface area contributed by atoms with Gasteiger partial charge in [-0.15, -0.1) is 0 Å². The number of hydrogen-bond acceptors (Lipinski definition) is 3. The molecular formula is C15H19NO3. The quantitative estimate of drug-likeness (QED) is 0.812. The summed E-state index contributed by atoms with van der Waals surface area (Å²) >= 11 is 0. The van der Waals surface area contributed by atoms with Crippen LogP contribution in [-0.2, 0) is 9.53 Å². The number of carbonyl (C=O) groups is 1. The molecule has 1 atom stereocenters. The van der Waals surface area contributed by atoms with E-state index in [1.807, 2.05) is 19.1 Å². The molecule has 1 unspecified atom stereocenters. The normalized spacial score (nSPS) is 13.1. The highest BCUT2D eigenvalue weighted by molar-refractivity contribution is 5.98. The zero-order valence-electron chi connectivity index (χ0n) is 11.5. The molecule has 4 nitrogen and oxygen atoms in total. The molecule has 19 heavy (non-hydrogen) atoms. The van der Waals surface area contributed by atoms with Crippen LogP contribution in [0.5, 0.6) is 0 Å². The Bertz CT molecular complexity index is 496. The number of aliphatic hydroxyl groups is 1. The number of carbonyl (C=O) groups excluding carboxylic acids is 1. The SMILES string of the molecule is CCC(C)(OC)C(=O)Nc1ccccc1C#CCO. The number of anilines is 1. The minimum atomic E-state index is -0.864. The molecule has 1 aromatic rings. The maximum absolute atomic E-state index is 12.2. The van der Waals surface area contributed by atoms with E-state index in [1.165, 1.54) is 7.11 Å². The van der Waals surface area contributed by atoms with Gasteiger partial charge in [-0.2, -0.15) is 0 Å². The van der Waals surface area contributed by atoms with Gasteiger partial charge in [0, 0.05) is 12.7 Å². The number of ether oxygens (including phenoxy) is 1. The third-order valence-electron chi connectivity index (χ3n) is 3.08. The average molecular weight is 261 g/mol. The van der Waals surface area contributed by atoms with Gasteiger partial charge >= 0.3 is 0 Å². The highest BCUT2D eigenvalue weighted by Crippen LogP contribution is 2.19. The molecule has 4 heteroatoms. The Morgan fingerprint density at radius 3 is 2.74 bits per heavy atom. The Labute approximate surface area is 113 Å². The molecule has 0 aromatic heterocycles. The number of amides is 1. The molecular weight excluding hydrogens is 242 g/mol. The van der Waals surface area contributed by atoms with Gasteiger partial charge in [-0.25, -0.2) is 0 Å². The van der Waals surface area contributed by atoms with E-state index in [0.29, 0.717) is 17.7 Å². The van der Waals surface area contributed by atoms with E-state index in [1.54, 1.807) is 19.1 Å². The lowest BCUT2D eigenvalue weighted by atomic mass is 10.0. The summed E-state index contributed by atoms with van der Waals surface area (Å²) < 4.78 is 5.25. The zero-order chi connectivity index (χ0) is 14.3. The van der Waals surface area contributed by atoms with Crippen molar-refractivity contribution in [3.05, 3.63) is 29.8 Å². The van der Waals surface area contributed by atoms with Crippen molar-refractivity contribution in [2.45, 2.75) is 25.9 Å². The number of aliphatic hydroxyl groups excluding tert-OH is 1. The van der Waals surface area contributed by atoms with Gasteiger partial charge in [0.25, 0.3) is 5.91 Å². The lowest BCUT2D eigenvalue weighted by molar-refractivity contribution is -0.136. The summed E-state index contributed by atoms with van der Waals surface area (Å²) in [5.41, 5.74) is 0.418. The van der Waals surface area contributed by atoms with Crippen molar-refractivity contribution in [3.63, 3.8) is 0 Å². The fourth-order valence-corrected chi connectivity index (χ4v) is 1.49. The Balaban J connectivity index is 2.97. The van der Waals surface area contributed by atoms with Crippen molar-refractivity contribution in [1.29, 1.82) is 0 Å². The van der Waals surface area contributed by atoms with Crippen LogP contribution in [0.25, 0.3) is 0 Å². The van der Waals surface area contributed by atoms with Gasteiger partial charge in [0.15, 0.2) is 0 Å². The first kappa shape index (κ1) is 15.2. The molecule has 102 valence electrons. The number of hydrogen-bond donors (Lipinski definition) is 2. The minimum absolute atomic E-state index is 0.212. The smallest absolute Gasteiger partial charge is 0.256 e. The lowest BCUT2D eigenvalue weighted by Gasteiger charge is -2.25. The molecule has 1 aromatic carbocycles. The van der Waals surface area contributed by atoms with E-state index in [9.17, 15) is 4.79 Å². The van der Waals surface area contributed by atoms with E-state index >= 15 is 0 Å². The second kappa shape index (κ2) is 6.93. The molecule has 0 bridgehead atoms. The molecule has 0 radical (unpaired) electrons. The summed E-state index contributed by atoms with van der Waals surface area (Å²) in [4.78, 5) is 12.2. The fourth-order valence-electron chi connectivity index (χ4n) is 1.49. The van der Waals surface area contributed by atoms with Crippen molar-refractivity contribution >= 4 is 11.6 Å². The Hall–Kier alpha value is -1.83. The highest BCUT2D eigenvalue weighted by atomic mass is 16.5. The van der Waals surface area contributed by atoms with E-state index in [2.05, 4.69) is 17.2 Å². The summed E-state index contributed by atoms with van der Waals surface area (Å²) in [7, 11) is 1.51. The number of methoxy groups -OCH3 is 1. The fraction of sp³-hybridized carbons (Fsp3) is 0.400. The number of nitrogens with one attached hydrogen (secondary N) is 1. The predicted molar refractivity (Wildman–Crippen MR) is 74.7 cm³/mol. The Kier molecular flexibility index (Phi) is 5.56. The van der Waals surface area contributed by atoms with Crippen LogP contribution in [0.4, 0.5) is 5.69 Å². The first-order valence-corrected chi connectivity index (χ1v) is 6.12. The molecule has 0 saturated heterocycles. The number of benzene rings is 1. The van der Waals surface area contributed by atoms with Crippen LogP contribution in [0, 0.1) is 11.8 Å². The predicted octanol–water partition coefficient (Wildman–Crippen LogP) is 1.78. The monoisotopic (exact) mass is 261 g/mol. The molecule has 0 heterocycles. The van der Waals surface area contributed by atoms with Crippen LogP contribution in [0.3, 0.4) is 0 Å². The molecule has 1 rings (SSSR count). The highest BCUT2D eigenvalue weighted by Gasteiger charge is 2.31. The summed E-state index contributed by atoms with van der Waals surface area (Å²) in [6.45, 7) is 3.41. The number of para-hydroxylation sites is 1. The second-order valence-electron chi connectivity index (χ2n) is 4.25. The lowest BCUT2D eigenvalue weighted by Crippen LogP contribution is -2.41. The molecule has 0 aliphatic rings. The van der Waals surface area contributed by atoms with Gasteiger partial charge in [0.1, 0.15) is 12.2 Å². The molecule has 0 fully saturated rings. The topological polar surface area (TPSA) is 58.6 Å². The largest absolute Gasteiger partial charge is 0.384 e. The maximum atomic E-state index is 12.2. The first-order valence-electron chi connectivity index (χ1n) is 6.12.